The van der Waals surface area contributed by atoms with Gasteiger partial charge in [0.05, 0.1) is 19.4 Å². The van der Waals surface area contributed by atoms with Crippen molar-refractivity contribution >= 4 is 5.91 Å². The van der Waals surface area contributed by atoms with Crippen molar-refractivity contribution in [3.8, 4) is 0 Å². The summed E-state index contributed by atoms with van der Waals surface area (Å²) in [6.45, 7) is 4.40. The number of amides is 1. The largest absolute Gasteiger partial charge is 0.380 e. The van der Waals surface area contributed by atoms with E-state index in [1.807, 2.05) is 0 Å². The van der Waals surface area contributed by atoms with Crippen molar-refractivity contribution in [3.05, 3.63) is 12.4 Å². The van der Waals surface area contributed by atoms with Gasteiger partial charge in [-0.05, 0) is 0 Å². The van der Waals surface area contributed by atoms with Crippen LogP contribution < -0.4 is 5.32 Å². The molecule has 2 rings (SSSR count). The Bertz CT molecular complexity index is 332. The van der Waals surface area contributed by atoms with Gasteiger partial charge in [0.25, 0.3) is 0 Å². The number of rotatable bonds is 4. The standard InChI is InChI=1S/C9H14N4O2/c1-9(6-15-7-9)5-10-8(14)4-13-3-2-11-12-13/h2-3H,4-7H2,1H3,(H,10,14). The van der Waals surface area contributed by atoms with Gasteiger partial charge in [0.1, 0.15) is 6.54 Å². The summed E-state index contributed by atoms with van der Waals surface area (Å²) in [5.41, 5.74) is 0.109. The van der Waals surface area contributed by atoms with Crippen LogP contribution in [0.15, 0.2) is 12.4 Å². The molecule has 1 fully saturated rings. The summed E-state index contributed by atoms with van der Waals surface area (Å²) < 4.78 is 6.59. The Labute approximate surface area is 87.6 Å². The molecule has 1 aromatic heterocycles. The molecule has 6 heteroatoms. The summed E-state index contributed by atoms with van der Waals surface area (Å²) in [6, 6.07) is 0. The van der Waals surface area contributed by atoms with Crippen molar-refractivity contribution in [2.45, 2.75) is 13.5 Å². The first-order valence-corrected chi connectivity index (χ1v) is 4.87. The molecule has 1 saturated heterocycles. The lowest BCUT2D eigenvalue weighted by Gasteiger charge is -2.37. The zero-order chi connectivity index (χ0) is 10.7. The van der Waals surface area contributed by atoms with Crippen molar-refractivity contribution in [2.24, 2.45) is 5.41 Å². The summed E-state index contributed by atoms with van der Waals surface area (Å²) in [5, 5.41) is 10.2. The molecule has 0 radical (unpaired) electrons. The first-order valence-electron chi connectivity index (χ1n) is 4.87. The number of hydrogen-bond donors (Lipinski definition) is 1. The SMILES string of the molecule is CC1(CNC(=O)Cn2ccnn2)COC1. The van der Waals surface area contributed by atoms with Crippen molar-refractivity contribution < 1.29 is 9.53 Å². The number of nitrogens with zero attached hydrogens (tertiary/aromatic N) is 3. The molecule has 0 saturated carbocycles. The van der Waals surface area contributed by atoms with Gasteiger partial charge in [-0.1, -0.05) is 12.1 Å². The first kappa shape index (κ1) is 10.1. The van der Waals surface area contributed by atoms with E-state index < -0.39 is 0 Å². The van der Waals surface area contributed by atoms with E-state index in [1.54, 1.807) is 12.4 Å². The lowest BCUT2D eigenvalue weighted by atomic mass is 9.89. The topological polar surface area (TPSA) is 69.0 Å². The van der Waals surface area contributed by atoms with Crippen LogP contribution in [0.25, 0.3) is 0 Å². The van der Waals surface area contributed by atoms with Crippen LogP contribution >= 0.6 is 0 Å². The second-order valence-corrected chi connectivity index (χ2v) is 4.18. The number of aromatic nitrogens is 3. The average Bonchev–Trinajstić information content (AvgIpc) is 2.64. The monoisotopic (exact) mass is 210 g/mol. The predicted molar refractivity (Wildman–Crippen MR) is 52.0 cm³/mol. The van der Waals surface area contributed by atoms with Gasteiger partial charge >= 0.3 is 0 Å². The highest BCUT2D eigenvalue weighted by atomic mass is 16.5. The molecule has 1 amide bonds. The lowest BCUT2D eigenvalue weighted by Crippen LogP contribution is -2.49. The van der Waals surface area contributed by atoms with Crippen molar-refractivity contribution in [3.63, 3.8) is 0 Å². The van der Waals surface area contributed by atoms with Gasteiger partial charge in [-0.25, -0.2) is 4.68 Å². The van der Waals surface area contributed by atoms with Gasteiger partial charge in [0.15, 0.2) is 0 Å². The fraction of sp³-hybridized carbons (Fsp3) is 0.667. The minimum Gasteiger partial charge on any atom is -0.380 e. The third-order valence-electron chi connectivity index (χ3n) is 2.39. The van der Waals surface area contributed by atoms with E-state index in [-0.39, 0.29) is 17.9 Å². The maximum atomic E-state index is 11.5. The normalized spacial score (nSPS) is 18.2. The van der Waals surface area contributed by atoms with Crippen LogP contribution in [-0.4, -0.2) is 40.7 Å². The molecule has 0 unspecified atom stereocenters. The summed E-state index contributed by atoms with van der Waals surface area (Å²) in [6.07, 6.45) is 3.21. The fourth-order valence-electron chi connectivity index (χ4n) is 1.38. The van der Waals surface area contributed by atoms with E-state index in [0.29, 0.717) is 6.54 Å². The molecule has 0 bridgehead atoms. The highest BCUT2D eigenvalue weighted by molar-refractivity contribution is 5.75. The number of hydrogen-bond acceptors (Lipinski definition) is 4. The molecule has 0 aromatic carbocycles. The van der Waals surface area contributed by atoms with Crippen LogP contribution in [0, 0.1) is 5.41 Å². The van der Waals surface area contributed by atoms with Crippen LogP contribution in [0.4, 0.5) is 0 Å². The van der Waals surface area contributed by atoms with E-state index in [0.717, 1.165) is 13.2 Å². The number of carbonyl (C=O) groups is 1. The van der Waals surface area contributed by atoms with Crippen molar-refractivity contribution in [1.82, 2.24) is 20.3 Å². The molecule has 6 nitrogen and oxygen atoms in total. The molecule has 82 valence electrons. The molecule has 0 atom stereocenters. The Hall–Kier alpha value is -1.43. The summed E-state index contributed by atoms with van der Waals surface area (Å²) in [7, 11) is 0. The van der Waals surface area contributed by atoms with Gasteiger partial charge in [-0.15, -0.1) is 5.10 Å². The van der Waals surface area contributed by atoms with Crippen LogP contribution in [0.3, 0.4) is 0 Å². The van der Waals surface area contributed by atoms with E-state index >= 15 is 0 Å². The summed E-state index contributed by atoms with van der Waals surface area (Å²) >= 11 is 0. The van der Waals surface area contributed by atoms with E-state index in [9.17, 15) is 4.79 Å². The van der Waals surface area contributed by atoms with Gasteiger partial charge < -0.3 is 10.1 Å². The maximum absolute atomic E-state index is 11.5. The predicted octanol–water partition coefficient (Wildman–Crippen LogP) is -0.569. The Morgan fingerprint density at radius 3 is 3.00 bits per heavy atom. The Balaban J connectivity index is 1.73. The molecule has 1 N–H and O–H groups in total. The zero-order valence-electron chi connectivity index (χ0n) is 8.64. The highest BCUT2D eigenvalue weighted by Crippen LogP contribution is 2.24. The summed E-state index contributed by atoms with van der Waals surface area (Å²) in [4.78, 5) is 11.5. The smallest absolute Gasteiger partial charge is 0.241 e. The molecule has 1 aromatic rings. The number of ether oxygens (including phenoxy) is 1. The second kappa shape index (κ2) is 3.98. The minimum atomic E-state index is -0.0476. The number of carbonyl (C=O) groups excluding carboxylic acids is 1. The second-order valence-electron chi connectivity index (χ2n) is 4.18. The average molecular weight is 210 g/mol. The minimum absolute atomic E-state index is 0.0476. The highest BCUT2D eigenvalue weighted by Gasteiger charge is 2.33. The van der Waals surface area contributed by atoms with Crippen LogP contribution in [0.5, 0.6) is 0 Å². The Morgan fingerprint density at radius 2 is 2.47 bits per heavy atom. The van der Waals surface area contributed by atoms with Crippen LogP contribution in [0.2, 0.25) is 0 Å². The van der Waals surface area contributed by atoms with Crippen molar-refractivity contribution in [1.29, 1.82) is 0 Å². The van der Waals surface area contributed by atoms with E-state index in [2.05, 4.69) is 22.6 Å². The van der Waals surface area contributed by atoms with Gasteiger partial charge in [0, 0.05) is 18.2 Å². The number of nitrogens with one attached hydrogen (secondary N) is 1. The quantitative estimate of drug-likeness (QED) is 0.722. The molecule has 1 aliphatic rings. The van der Waals surface area contributed by atoms with Gasteiger partial charge in [-0.3, -0.25) is 4.79 Å². The van der Waals surface area contributed by atoms with Gasteiger partial charge in [-0.2, -0.15) is 0 Å². The molecule has 15 heavy (non-hydrogen) atoms. The Kier molecular flexibility index (Phi) is 2.68. The zero-order valence-corrected chi connectivity index (χ0v) is 8.64. The fourth-order valence-corrected chi connectivity index (χ4v) is 1.38. The van der Waals surface area contributed by atoms with Crippen LogP contribution in [-0.2, 0) is 16.1 Å². The maximum Gasteiger partial charge on any atom is 0.241 e. The van der Waals surface area contributed by atoms with E-state index in [4.69, 9.17) is 4.74 Å². The van der Waals surface area contributed by atoms with Gasteiger partial charge in [0.2, 0.25) is 5.91 Å². The molecule has 2 heterocycles. The summed E-state index contributed by atoms with van der Waals surface area (Å²) in [5.74, 6) is -0.0476. The third kappa shape index (κ3) is 2.53. The Morgan fingerprint density at radius 1 is 1.67 bits per heavy atom. The molecular formula is C9H14N4O2. The molecule has 0 spiro atoms. The van der Waals surface area contributed by atoms with E-state index in [1.165, 1.54) is 4.68 Å². The third-order valence-corrected chi connectivity index (χ3v) is 2.39. The van der Waals surface area contributed by atoms with Crippen LogP contribution in [0.1, 0.15) is 6.92 Å². The molecule has 0 aliphatic carbocycles. The molecular weight excluding hydrogens is 196 g/mol. The van der Waals surface area contributed by atoms with Crippen molar-refractivity contribution in [2.75, 3.05) is 19.8 Å². The lowest BCUT2D eigenvalue weighted by molar-refractivity contribution is -0.127. The first-order chi connectivity index (χ1) is 7.18. The molecule has 1 aliphatic heterocycles.